The van der Waals surface area contributed by atoms with Crippen LogP contribution in [0.2, 0.25) is 0 Å². The molecule has 1 aromatic carbocycles. The lowest BCUT2D eigenvalue weighted by Crippen LogP contribution is -1.85. The van der Waals surface area contributed by atoms with E-state index < -0.39 is 0 Å². The molecule has 0 radical (unpaired) electrons. The van der Waals surface area contributed by atoms with Gasteiger partial charge in [-0.15, -0.1) is 26.2 Å². The summed E-state index contributed by atoms with van der Waals surface area (Å²) < 4.78 is 0. The van der Waals surface area contributed by atoms with Crippen molar-refractivity contribution in [3.63, 3.8) is 0 Å². The van der Waals surface area contributed by atoms with Crippen molar-refractivity contribution >= 4 is 31.5 Å². The van der Waals surface area contributed by atoms with Gasteiger partial charge < -0.3 is 0 Å². The molecule has 0 saturated heterocycles. The van der Waals surface area contributed by atoms with Gasteiger partial charge in [-0.2, -0.15) is 0 Å². The molecule has 0 aliphatic carbocycles. The van der Waals surface area contributed by atoms with Gasteiger partial charge in [-0.25, -0.2) is 0 Å². The standard InChI is InChI=1S/C7H9P.BrH/c1-6-2-4-7(8)5-3-6;/h2-5H,8H2,1H3;1H. The fraction of sp³-hybridized carbons (Fsp3) is 0.143. The third kappa shape index (κ3) is 2.98. The summed E-state index contributed by atoms with van der Waals surface area (Å²) >= 11 is 0. The summed E-state index contributed by atoms with van der Waals surface area (Å²) in [6.45, 7) is 2.09. The van der Waals surface area contributed by atoms with Crippen LogP contribution < -0.4 is 5.30 Å². The molecule has 0 spiro atoms. The Bertz CT molecular complexity index is 148. The molecule has 0 fully saturated rings. The first-order valence-corrected chi connectivity index (χ1v) is 3.19. The van der Waals surface area contributed by atoms with E-state index in [1.807, 2.05) is 0 Å². The first-order valence-electron chi connectivity index (χ1n) is 2.61. The molecule has 9 heavy (non-hydrogen) atoms. The lowest BCUT2D eigenvalue weighted by molar-refractivity contribution is 1.49. The normalized spacial score (nSPS) is 8.22. The van der Waals surface area contributed by atoms with Gasteiger partial charge in [-0.1, -0.05) is 29.8 Å². The van der Waals surface area contributed by atoms with Gasteiger partial charge in [0.25, 0.3) is 0 Å². The number of hydrogen-bond acceptors (Lipinski definition) is 0. The Labute approximate surface area is 68.6 Å². The molecular formula is C7H10BrP. The van der Waals surface area contributed by atoms with E-state index in [1.165, 1.54) is 10.9 Å². The van der Waals surface area contributed by atoms with Crippen LogP contribution in [-0.4, -0.2) is 0 Å². The van der Waals surface area contributed by atoms with Crippen molar-refractivity contribution < 1.29 is 0 Å². The van der Waals surface area contributed by atoms with E-state index in [9.17, 15) is 0 Å². The number of halogens is 1. The monoisotopic (exact) mass is 204 g/mol. The van der Waals surface area contributed by atoms with E-state index in [2.05, 4.69) is 40.4 Å². The molecule has 0 aromatic heterocycles. The highest BCUT2D eigenvalue weighted by Gasteiger charge is 1.79. The van der Waals surface area contributed by atoms with Gasteiger partial charge in [0.05, 0.1) is 0 Å². The average molecular weight is 205 g/mol. The predicted octanol–water partition coefficient (Wildman–Crippen LogP) is 2.07. The van der Waals surface area contributed by atoms with E-state index in [4.69, 9.17) is 0 Å². The minimum Gasteiger partial charge on any atom is -0.114 e. The summed E-state index contributed by atoms with van der Waals surface area (Å²) in [6.07, 6.45) is 0. The van der Waals surface area contributed by atoms with Gasteiger partial charge in [0.1, 0.15) is 0 Å². The maximum atomic E-state index is 2.65. The largest absolute Gasteiger partial charge is 0.114 e. The second kappa shape index (κ2) is 4.03. The SMILES string of the molecule is Br.Cc1ccc(P)cc1. The van der Waals surface area contributed by atoms with Crippen molar-refractivity contribution in [2.24, 2.45) is 0 Å². The minimum atomic E-state index is 0. The zero-order valence-corrected chi connectivity index (χ0v) is 8.16. The van der Waals surface area contributed by atoms with E-state index in [0.29, 0.717) is 0 Å². The Hall–Kier alpha value is 0.130. The van der Waals surface area contributed by atoms with Crippen molar-refractivity contribution in [3.05, 3.63) is 29.8 Å². The smallest absolute Gasteiger partial charge is 0.0302 e. The van der Waals surface area contributed by atoms with Crippen LogP contribution in [0.1, 0.15) is 5.56 Å². The molecule has 1 atom stereocenters. The van der Waals surface area contributed by atoms with Crippen molar-refractivity contribution in [1.29, 1.82) is 0 Å². The summed E-state index contributed by atoms with van der Waals surface area (Å²) in [4.78, 5) is 0. The van der Waals surface area contributed by atoms with Crippen LogP contribution in [0.5, 0.6) is 0 Å². The molecule has 0 bridgehead atoms. The van der Waals surface area contributed by atoms with Crippen LogP contribution in [0.15, 0.2) is 24.3 Å². The van der Waals surface area contributed by atoms with E-state index >= 15 is 0 Å². The highest BCUT2D eigenvalue weighted by molar-refractivity contribution is 8.93. The lowest BCUT2D eigenvalue weighted by Gasteiger charge is -1.89. The Kier molecular flexibility index (Phi) is 4.09. The molecule has 0 nitrogen and oxygen atoms in total. The van der Waals surface area contributed by atoms with Crippen LogP contribution >= 0.6 is 26.2 Å². The Balaban J connectivity index is 0.000000640. The highest BCUT2D eigenvalue weighted by Crippen LogP contribution is 1.94. The fourth-order valence-electron chi connectivity index (χ4n) is 0.566. The Morgan fingerprint density at radius 1 is 1.11 bits per heavy atom. The van der Waals surface area contributed by atoms with Crippen LogP contribution in [0.4, 0.5) is 0 Å². The molecule has 1 unspecified atom stereocenters. The number of hydrogen-bond donors (Lipinski definition) is 0. The molecule has 1 aromatic rings. The molecule has 0 heterocycles. The van der Waals surface area contributed by atoms with Gasteiger partial charge in [0, 0.05) is 0 Å². The maximum absolute atomic E-state index is 2.65. The van der Waals surface area contributed by atoms with Crippen molar-refractivity contribution in [1.82, 2.24) is 0 Å². The molecule has 1 rings (SSSR count). The lowest BCUT2D eigenvalue weighted by atomic mass is 10.2. The van der Waals surface area contributed by atoms with Crippen molar-refractivity contribution in [2.75, 3.05) is 0 Å². The topological polar surface area (TPSA) is 0 Å². The molecule has 0 saturated carbocycles. The summed E-state index contributed by atoms with van der Waals surface area (Å²) in [5, 5.41) is 1.25. The van der Waals surface area contributed by atoms with Crippen LogP contribution in [-0.2, 0) is 0 Å². The molecule has 2 heteroatoms. The molecule has 0 N–H and O–H groups in total. The van der Waals surface area contributed by atoms with Gasteiger partial charge >= 0.3 is 0 Å². The fourth-order valence-corrected chi connectivity index (χ4v) is 0.759. The van der Waals surface area contributed by atoms with Gasteiger partial charge in [0.15, 0.2) is 0 Å². The van der Waals surface area contributed by atoms with Crippen LogP contribution in [0.3, 0.4) is 0 Å². The molecular weight excluding hydrogens is 195 g/mol. The molecule has 0 amide bonds. The zero-order chi connectivity index (χ0) is 5.98. The molecule has 0 aliphatic rings. The number of benzene rings is 1. The van der Waals surface area contributed by atoms with E-state index in [1.54, 1.807) is 0 Å². The Morgan fingerprint density at radius 2 is 1.56 bits per heavy atom. The van der Waals surface area contributed by atoms with Crippen molar-refractivity contribution in [2.45, 2.75) is 6.92 Å². The second-order valence-electron chi connectivity index (χ2n) is 1.91. The first-order chi connectivity index (χ1) is 3.79. The first kappa shape index (κ1) is 9.13. The van der Waals surface area contributed by atoms with E-state index in [0.717, 1.165) is 0 Å². The van der Waals surface area contributed by atoms with Crippen molar-refractivity contribution in [3.8, 4) is 0 Å². The molecule has 0 aliphatic heterocycles. The maximum Gasteiger partial charge on any atom is -0.0302 e. The van der Waals surface area contributed by atoms with Crippen LogP contribution in [0, 0.1) is 6.92 Å². The highest BCUT2D eigenvalue weighted by atomic mass is 79.9. The summed E-state index contributed by atoms with van der Waals surface area (Å²) in [7, 11) is 2.65. The summed E-state index contributed by atoms with van der Waals surface area (Å²) in [5.41, 5.74) is 1.32. The third-order valence-electron chi connectivity index (χ3n) is 1.08. The second-order valence-corrected chi connectivity index (χ2v) is 2.58. The van der Waals surface area contributed by atoms with Gasteiger partial charge in [0.2, 0.25) is 0 Å². The number of aryl methyl sites for hydroxylation is 1. The average Bonchev–Trinajstić information content (AvgIpc) is 1.77. The Morgan fingerprint density at radius 3 is 1.89 bits per heavy atom. The van der Waals surface area contributed by atoms with E-state index in [-0.39, 0.29) is 17.0 Å². The summed E-state index contributed by atoms with van der Waals surface area (Å²) in [6, 6.07) is 8.37. The van der Waals surface area contributed by atoms with Gasteiger partial charge in [-0.05, 0) is 12.2 Å². The third-order valence-corrected chi connectivity index (χ3v) is 1.46. The quantitative estimate of drug-likeness (QED) is 0.568. The summed E-state index contributed by atoms with van der Waals surface area (Å²) in [5.74, 6) is 0. The van der Waals surface area contributed by atoms with Gasteiger partial charge in [-0.3, -0.25) is 0 Å². The van der Waals surface area contributed by atoms with Crippen LogP contribution in [0.25, 0.3) is 0 Å². The zero-order valence-electron chi connectivity index (χ0n) is 5.29. The number of rotatable bonds is 0. The minimum absolute atomic E-state index is 0. The predicted molar refractivity (Wildman–Crippen MR) is 50.8 cm³/mol. The molecule has 50 valence electrons.